The molecule has 0 aromatic heterocycles. The number of methoxy groups -OCH3 is 1. The maximum atomic E-state index is 13.1. The van der Waals surface area contributed by atoms with Crippen LogP contribution in [0.5, 0.6) is 5.75 Å². The van der Waals surface area contributed by atoms with Crippen LogP contribution in [0.15, 0.2) is 53.4 Å². The number of nitrogens with zero attached hydrogens (tertiary/aromatic N) is 1. The second-order valence-electron chi connectivity index (χ2n) is 7.82. The van der Waals surface area contributed by atoms with Crippen molar-refractivity contribution in [3.05, 3.63) is 59.7 Å². The summed E-state index contributed by atoms with van der Waals surface area (Å²) in [6, 6.07) is 14.1. The summed E-state index contributed by atoms with van der Waals surface area (Å²) in [6.45, 7) is 3.28. The van der Waals surface area contributed by atoms with Gasteiger partial charge < -0.3 is 15.4 Å². The largest absolute Gasteiger partial charge is 0.497 e. The molecule has 1 fully saturated rings. The van der Waals surface area contributed by atoms with Crippen molar-refractivity contribution < 1.29 is 17.9 Å². The van der Waals surface area contributed by atoms with E-state index in [4.69, 9.17) is 4.74 Å². The molecular weight excluding hydrogens is 414 g/mol. The lowest BCUT2D eigenvalue weighted by atomic mass is 10.0. The molecule has 2 aromatic carbocycles. The lowest BCUT2D eigenvalue weighted by Gasteiger charge is -2.34. The van der Waals surface area contributed by atoms with E-state index in [0.717, 1.165) is 36.1 Å². The summed E-state index contributed by atoms with van der Waals surface area (Å²) in [5.41, 5.74) is 2.00. The van der Waals surface area contributed by atoms with Crippen LogP contribution in [0.3, 0.4) is 0 Å². The van der Waals surface area contributed by atoms with E-state index < -0.39 is 10.0 Å². The molecule has 1 aliphatic heterocycles. The van der Waals surface area contributed by atoms with Crippen LogP contribution < -0.4 is 15.4 Å². The van der Waals surface area contributed by atoms with Crippen molar-refractivity contribution in [1.82, 2.24) is 14.9 Å². The third-order valence-electron chi connectivity index (χ3n) is 5.58. The Morgan fingerprint density at radius 1 is 1.06 bits per heavy atom. The highest BCUT2D eigenvalue weighted by Crippen LogP contribution is 2.27. The normalized spacial score (nSPS) is 17.2. The van der Waals surface area contributed by atoms with Crippen LogP contribution in [0.25, 0.3) is 0 Å². The topological polar surface area (TPSA) is 87.7 Å². The van der Waals surface area contributed by atoms with Crippen molar-refractivity contribution in [3.8, 4) is 5.75 Å². The summed E-state index contributed by atoms with van der Waals surface area (Å²) in [4.78, 5) is 12.5. The molecule has 168 valence electrons. The first-order chi connectivity index (χ1) is 14.9. The second kappa shape index (κ2) is 10.6. The average Bonchev–Trinajstić information content (AvgIpc) is 2.78. The zero-order valence-corrected chi connectivity index (χ0v) is 19.0. The van der Waals surface area contributed by atoms with E-state index in [1.807, 2.05) is 43.3 Å². The minimum absolute atomic E-state index is 0.109. The average molecular weight is 446 g/mol. The fourth-order valence-corrected chi connectivity index (χ4v) is 5.49. The minimum atomic E-state index is -3.54. The number of piperidine rings is 1. The maximum absolute atomic E-state index is 13.1. The zero-order valence-electron chi connectivity index (χ0n) is 18.1. The van der Waals surface area contributed by atoms with Gasteiger partial charge in [0.1, 0.15) is 5.75 Å². The van der Waals surface area contributed by atoms with Gasteiger partial charge in [0, 0.05) is 25.7 Å². The lowest BCUT2D eigenvalue weighted by Crippen LogP contribution is -2.45. The molecule has 1 heterocycles. The molecule has 2 amide bonds. The molecule has 0 bridgehead atoms. The predicted molar refractivity (Wildman–Crippen MR) is 121 cm³/mol. The Bertz CT molecular complexity index is 959. The van der Waals surface area contributed by atoms with Crippen molar-refractivity contribution >= 4 is 16.1 Å². The summed E-state index contributed by atoms with van der Waals surface area (Å²) < 4.78 is 33.0. The van der Waals surface area contributed by atoms with Gasteiger partial charge in [-0.05, 0) is 56.0 Å². The second-order valence-corrected chi connectivity index (χ2v) is 9.72. The highest BCUT2D eigenvalue weighted by molar-refractivity contribution is 7.89. The van der Waals surface area contributed by atoms with E-state index in [0.29, 0.717) is 31.0 Å². The first-order valence-corrected chi connectivity index (χ1v) is 12.1. The summed E-state index contributed by atoms with van der Waals surface area (Å²) in [6.07, 6.45) is 3.24. The lowest BCUT2D eigenvalue weighted by molar-refractivity contribution is 0.228. The van der Waals surface area contributed by atoms with Crippen molar-refractivity contribution in [2.75, 3.05) is 20.2 Å². The number of aryl methyl sites for hydroxylation is 1. The Balaban J connectivity index is 1.50. The molecule has 0 saturated carbocycles. The Morgan fingerprint density at radius 2 is 1.77 bits per heavy atom. The number of rotatable bonds is 8. The van der Waals surface area contributed by atoms with Crippen molar-refractivity contribution in [2.24, 2.45) is 0 Å². The summed E-state index contributed by atoms with van der Waals surface area (Å²) in [5.74, 6) is 0.769. The van der Waals surface area contributed by atoms with Gasteiger partial charge in [-0.15, -0.1) is 0 Å². The van der Waals surface area contributed by atoms with Crippen LogP contribution in [0, 0.1) is 6.92 Å². The predicted octanol–water partition coefficient (Wildman–Crippen LogP) is 3.44. The molecule has 31 heavy (non-hydrogen) atoms. The molecule has 8 heteroatoms. The molecular formula is C23H31N3O4S. The number of ether oxygens (including phenoxy) is 1. The van der Waals surface area contributed by atoms with Crippen LogP contribution in [-0.2, 0) is 16.6 Å². The molecule has 1 saturated heterocycles. The van der Waals surface area contributed by atoms with Gasteiger partial charge in [0.25, 0.3) is 0 Å². The van der Waals surface area contributed by atoms with E-state index >= 15 is 0 Å². The van der Waals surface area contributed by atoms with Crippen molar-refractivity contribution in [2.45, 2.75) is 50.1 Å². The zero-order chi connectivity index (χ0) is 22.3. The van der Waals surface area contributed by atoms with Crippen LogP contribution in [0.2, 0.25) is 0 Å². The van der Waals surface area contributed by atoms with Crippen molar-refractivity contribution in [1.29, 1.82) is 0 Å². The summed E-state index contributed by atoms with van der Waals surface area (Å²) in [7, 11) is -1.92. The van der Waals surface area contributed by atoms with Gasteiger partial charge in [-0.25, -0.2) is 13.2 Å². The van der Waals surface area contributed by atoms with E-state index in [9.17, 15) is 13.2 Å². The van der Waals surface area contributed by atoms with Gasteiger partial charge in [0.15, 0.2) is 0 Å². The SMILES string of the molecule is COc1ccc(CNC(=O)NCCC2CCCCN2S(=O)(=O)c2ccc(C)cc2)cc1. The number of hydrogen-bond acceptors (Lipinski definition) is 4. The first kappa shape index (κ1) is 23.1. The molecule has 0 aliphatic carbocycles. The number of nitrogens with one attached hydrogen (secondary N) is 2. The van der Waals surface area contributed by atoms with Gasteiger partial charge >= 0.3 is 6.03 Å². The van der Waals surface area contributed by atoms with E-state index in [2.05, 4.69) is 10.6 Å². The fraction of sp³-hybridized carbons (Fsp3) is 0.435. The maximum Gasteiger partial charge on any atom is 0.315 e. The highest BCUT2D eigenvalue weighted by atomic mass is 32.2. The molecule has 0 spiro atoms. The van der Waals surface area contributed by atoms with Gasteiger partial charge in [-0.1, -0.05) is 36.2 Å². The Kier molecular flexibility index (Phi) is 7.92. The van der Waals surface area contributed by atoms with E-state index in [1.54, 1.807) is 23.5 Å². The number of hydrogen-bond donors (Lipinski definition) is 2. The first-order valence-electron chi connectivity index (χ1n) is 10.6. The Hall–Kier alpha value is -2.58. The number of carbonyl (C=O) groups excluding carboxylic acids is 1. The molecule has 1 atom stereocenters. The number of carbonyl (C=O) groups is 1. The summed E-state index contributed by atoms with van der Waals surface area (Å²) >= 11 is 0. The van der Waals surface area contributed by atoms with Gasteiger partial charge in [0.05, 0.1) is 12.0 Å². The minimum Gasteiger partial charge on any atom is -0.497 e. The third kappa shape index (κ3) is 6.21. The molecule has 3 rings (SSSR count). The number of benzene rings is 2. The van der Waals surface area contributed by atoms with Crippen LogP contribution >= 0.6 is 0 Å². The molecule has 1 unspecified atom stereocenters. The molecule has 0 radical (unpaired) electrons. The summed E-state index contributed by atoms with van der Waals surface area (Å²) in [5, 5.41) is 5.67. The van der Waals surface area contributed by atoms with Gasteiger partial charge in [-0.3, -0.25) is 0 Å². The fourth-order valence-electron chi connectivity index (χ4n) is 3.77. The number of amides is 2. The van der Waals surface area contributed by atoms with Gasteiger partial charge in [-0.2, -0.15) is 4.31 Å². The molecule has 2 N–H and O–H groups in total. The number of urea groups is 1. The molecule has 1 aliphatic rings. The smallest absolute Gasteiger partial charge is 0.315 e. The standard InChI is InChI=1S/C23H31N3O4S/c1-18-6-12-22(13-7-18)31(28,29)26-16-4-3-5-20(26)14-15-24-23(27)25-17-19-8-10-21(30-2)11-9-19/h6-13,20H,3-5,14-17H2,1-2H3,(H2,24,25,27). The third-order valence-corrected chi connectivity index (χ3v) is 7.54. The van der Waals surface area contributed by atoms with Crippen LogP contribution in [-0.4, -0.2) is 45.0 Å². The van der Waals surface area contributed by atoms with Crippen LogP contribution in [0.4, 0.5) is 4.79 Å². The van der Waals surface area contributed by atoms with Crippen LogP contribution in [0.1, 0.15) is 36.8 Å². The van der Waals surface area contributed by atoms with E-state index in [-0.39, 0.29) is 12.1 Å². The Labute approximate surface area is 184 Å². The number of sulfonamides is 1. The molecule has 2 aromatic rings. The van der Waals surface area contributed by atoms with Crippen molar-refractivity contribution in [3.63, 3.8) is 0 Å². The van der Waals surface area contributed by atoms with Gasteiger partial charge in [0.2, 0.25) is 10.0 Å². The Morgan fingerprint density at radius 3 is 2.45 bits per heavy atom. The molecule has 7 nitrogen and oxygen atoms in total. The van der Waals surface area contributed by atoms with E-state index in [1.165, 1.54) is 0 Å². The quantitative estimate of drug-likeness (QED) is 0.652. The highest BCUT2D eigenvalue weighted by Gasteiger charge is 2.33. The monoisotopic (exact) mass is 445 g/mol.